The summed E-state index contributed by atoms with van der Waals surface area (Å²) in [6, 6.07) is 12.5. The second-order valence-electron chi connectivity index (χ2n) is 8.59. The minimum absolute atomic E-state index is 0.00153. The van der Waals surface area contributed by atoms with Crippen LogP contribution in [0.1, 0.15) is 25.8 Å². The van der Waals surface area contributed by atoms with E-state index in [2.05, 4.69) is 4.99 Å². The standard InChI is InChI=1S/C23H25ClN2O4S2/c1-14(2)9-22(27)25-23-26(19-12-32(28,29)13-21(19)31-23)18-11-16(24)7-8-20(18)30-17-6-4-5-15(3)10-17/h4-8,10-11,14,19,21H,9,12-13H2,1-3H3. The summed E-state index contributed by atoms with van der Waals surface area (Å²) < 4.78 is 30.9. The van der Waals surface area contributed by atoms with E-state index < -0.39 is 9.84 Å². The number of anilines is 1. The van der Waals surface area contributed by atoms with E-state index in [9.17, 15) is 13.2 Å². The summed E-state index contributed by atoms with van der Waals surface area (Å²) in [5.41, 5.74) is 1.66. The number of rotatable bonds is 5. The van der Waals surface area contributed by atoms with Crippen LogP contribution in [-0.4, -0.2) is 42.3 Å². The maximum atomic E-state index is 12.5. The van der Waals surface area contributed by atoms with E-state index in [1.54, 1.807) is 18.2 Å². The van der Waals surface area contributed by atoms with Gasteiger partial charge < -0.3 is 9.64 Å². The van der Waals surface area contributed by atoms with Crippen LogP contribution in [0.25, 0.3) is 0 Å². The topological polar surface area (TPSA) is 76.0 Å². The number of hydrogen-bond donors (Lipinski definition) is 0. The number of carbonyl (C=O) groups is 1. The number of ether oxygens (including phenoxy) is 1. The summed E-state index contributed by atoms with van der Waals surface area (Å²) in [6.07, 6.45) is 0.327. The largest absolute Gasteiger partial charge is 0.455 e. The molecule has 0 spiro atoms. The van der Waals surface area contributed by atoms with Crippen molar-refractivity contribution in [2.24, 2.45) is 10.9 Å². The van der Waals surface area contributed by atoms with Crippen LogP contribution >= 0.6 is 23.4 Å². The summed E-state index contributed by atoms with van der Waals surface area (Å²) >= 11 is 7.67. The fourth-order valence-corrected chi connectivity index (χ4v) is 8.01. The number of fused-ring (bicyclic) bond motifs is 1. The van der Waals surface area contributed by atoms with Gasteiger partial charge in [0, 0.05) is 16.7 Å². The number of amides is 1. The van der Waals surface area contributed by atoms with Gasteiger partial charge in [0.2, 0.25) is 5.91 Å². The molecule has 0 N–H and O–H groups in total. The minimum atomic E-state index is -3.18. The van der Waals surface area contributed by atoms with Gasteiger partial charge in [0.25, 0.3) is 0 Å². The smallest absolute Gasteiger partial charge is 0.248 e. The lowest BCUT2D eigenvalue weighted by Gasteiger charge is -2.27. The van der Waals surface area contributed by atoms with Crippen molar-refractivity contribution in [3.05, 3.63) is 53.1 Å². The van der Waals surface area contributed by atoms with Gasteiger partial charge in [0.1, 0.15) is 5.75 Å². The Hall–Kier alpha value is -2.03. The first-order valence-corrected chi connectivity index (χ1v) is 13.5. The predicted octanol–water partition coefficient (Wildman–Crippen LogP) is 5.09. The van der Waals surface area contributed by atoms with Crippen molar-refractivity contribution in [1.82, 2.24) is 0 Å². The van der Waals surface area contributed by atoms with Gasteiger partial charge in [-0.25, -0.2) is 8.42 Å². The number of nitrogens with zero attached hydrogens (tertiary/aromatic N) is 2. The van der Waals surface area contributed by atoms with E-state index in [1.165, 1.54) is 11.8 Å². The highest BCUT2D eigenvalue weighted by molar-refractivity contribution is 8.16. The molecule has 2 atom stereocenters. The highest BCUT2D eigenvalue weighted by Gasteiger charge is 2.50. The Kier molecular flexibility index (Phi) is 6.56. The zero-order chi connectivity index (χ0) is 23.0. The summed E-state index contributed by atoms with van der Waals surface area (Å²) in [6.45, 7) is 5.90. The lowest BCUT2D eigenvalue weighted by molar-refractivity contribution is -0.118. The highest BCUT2D eigenvalue weighted by Crippen LogP contribution is 2.45. The third-order valence-electron chi connectivity index (χ3n) is 5.27. The van der Waals surface area contributed by atoms with E-state index in [1.807, 2.05) is 49.9 Å². The molecule has 170 valence electrons. The van der Waals surface area contributed by atoms with Crippen LogP contribution in [0.5, 0.6) is 11.5 Å². The highest BCUT2D eigenvalue weighted by atomic mass is 35.5. The number of thioether (sulfide) groups is 1. The number of halogens is 1. The quantitative estimate of drug-likeness (QED) is 0.578. The van der Waals surface area contributed by atoms with Gasteiger partial charge in [0.05, 0.1) is 23.2 Å². The Morgan fingerprint density at radius 1 is 1.25 bits per heavy atom. The van der Waals surface area contributed by atoms with E-state index in [4.69, 9.17) is 16.3 Å². The van der Waals surface area contributed by atoms with Crippen molar-refractivity contribution < 1.29 is 17.9 Å². The van der Waals surface area contributed by atoms with Gasteiger partial charge in [-0.15, -0.1) is 0 Å². The van der Waals surface area contributed by atoms with E-state index in [-0.39, 0.29) is 34.6 Å². The number of aryl methyl sites for hydroxylation is 1. The zero-order valence-electron chi connectivity index (χ0n) is 18.1. The summed E-state index contributed by atoms with van der Waals surface area (Å²) in [4.78, 5) is 18.7. The van der Waals surface area contributed by atoms with Crippen molar-refractivity contribution in [2.75, 3.05) is 16.4 Å². The molecular weight excluding hydrogens is 468 g/mol. The maximum Gasteiger partial charge on any atom is 0.248 e. The zero-order valence-corrected chi connectivity index (χ0v) is 20.5. The van der Waals surface area contributed by atoms with Crippen LogP contribution < -0.4 is 9.64 Å². The van der Waals surface area contributed by atoms with E-state index in [0.717, 1.165) is 5.56 Å². The van der Waals surface area contributed by atoms with Gasteiger partial charge in [-0.3, -0.25) is 4.79 Å². The molecule has 4 rings (SSSR count). The monoisotopic (exact) mass is 492 g/mol. The van der Waals surface area contributed by atoms with Crippen molar-refractivity contribution in [3.8, 4) is 11.5 Å². The van der Waals surface area contributed by atoms with Crippen LogP contribution in [0.3, 0.4) is 0 Å². The SMILES string of the molecule is Cc1cccc(Oc2ccc(Cl)cc2N2C(=NC(=O)CC(C)C)SC3CS(=O)(=O)CC32)c1. The molecule has 0 radical (unpaired) electrons. The lowest BCUT2D eigenvalue weighted by Crippen LogP contribution is -2.38. The molecule has 2 aliphatic heterocycles. The Bertz CT molecular complexity index is 1180. The average molecular weight is 493 g/mol. The number of hydrogen-bond acceptors (Lipinski definition) is 5. The molecule has 2 aromatic carbocycles. The van der Waals surface area contributed by atoms with Crippen LogP contribution in [0, 0.1) is 12.8 Å². The second-order valence-corrected chi connectivity index (χ2v) is 12.4. The molecule has 2 heterocycles. The number of amidine groups is 1. The van der Waals surface area contributed by atoms with Gasteiger partial charge in [0.15, 0.2) is 20.8 Å². The Labute approximate surface area is 197 Å². The Morgan fingerprint density at radius 2 is 2.03 bits per heavy atom. The summed E-state index contributed by atoms with van der Waals surface area (Å²) in [5.74, 6) is 1.19. The van der Waals surface area contributed by atoms with Gasteiger partial charge in [-0.1, -0.05) is 49.3 Å². The molecular formula is C23H25ClN2O4S2. The number of carbonyl (C=O) groups excluding carboxylic acids is 1. The van der Waals surface area contributed by atoms with Crippen LogP contribution in [0.4, 0.5) is 5.69 Å². The lowest BCUT2D eigenvalue weighted by atomic mass is 10.1. The Balaban J connectivity index is 1.77. The first-order valence-electron chi connectivity index (χ1n) is 10.4. The molecule has 2 unspecified atom stereocenters. The summed E-state index contributed by atoms with van der Waals surface area (Å²) in [7, 11) is -3.18. The molecule has 32 heavy (non-hydrogen) atoms. The first kappa shape index (κ1) is 23.1. The molecule has 0 saturated carbocycles. The number of sulfone groups is 1. The van der Waals surface area contributed by atoms with Crippen molar-refractivity contribution in [3.63, 3.8) is 0 Å². The molecule has 6 nitrogen and oxygen atoms in total. The molecule has 2 fully saturated rings. The van der Waals surface area contributed by atoms with Crippen LogP contribution in [0.15, 0.2) is 47.5 Å². The third-order valence-corrected chi connectivity index (χ3v) is 8.71. The van der Waals surface area contributed by atoms with Gasteiger partial charge >= 0.3 is 0 Å². The molecule has 0 aromatic heterocycles. The molecule has 0 aliphatic carbocycles. The first-order chi connectivity index (χ1) is 15.1. The molecule has 0 bridgehead atoms. The molecule has 2 saturated heterocycles. The molecule has 2 aliphatic rings. The second kappa shape index (κ2) is 9.08. The molecule has 1 amide bonds. The fourth-order valence-electron chi connectivity index (χ4n) is 3.92. The summed E-state index contributed by atoms with van der Waals surface area (Å²) in [5, 5.41) is 0.784. The van der Waals surface area contributed by atoms with Crippen molar-refractivity contribution in [2.45, 2.75) is 38.5 Å². The average Bonchev–Trinajstić information content (AvgIpc) is 3.13. The molecule has 9 heteroatoms. The number of benzene rings is 2. The Morgan fingerprint density at radius 3 is 2.75 bits per heavy atom. The van der Waals surface area contributed by atoms with Gasteiger partial charge in [-0.05, 0) is 48.7 Å². The normalized spacial score (nSPS) is 23.0. The maximum absolute atomic E-state index is 12.5. The van der Waals surface area contributed by atoms with E-state index in [0.29, 0.717) is 33.8 Å². The molecule has 2 aromatic rings. The van der Waals surface area contributed by atoms with Crippen molar-refractivity contribution in [1.29, 1.82) is 0 Å². The van der Waals surface area contributed by atoms with Crippen LogP contribution in [-0.2, 0) is 14.6 Å². The minimum Gasteiger partial charge on any atom is -0.455 e. The van der Waals surface area contributed by atoms with Crippen molar-refractivity contribution >= 4 is 50.0 Å². The predicted molar refractivity (Wildman–Crippen MR) is 131 cm³/mol. The van der Waals surface area contributed by atoms with Crippen LogP contribution in [0.2, 0.25) is 5.02 Å². The van der Waals surface area contributed by atoms with Gasteiger partial charge in [-0.2, -0.15) is 4.99 Å². The van der Waals surface area contributed by atoms with E-state index >= 15 is 0 Å². The number of aliphatic imine (C=N–C) groups is 1. The fraction of sp³-hybridized carbons (Fsp3) is 0.391. The third kappa shape index (κ3) is 5.13.